The van der Waals surface area contributed by atoms with Crippen molar-refractivity contribution in [2.45, 2.75) is 25.8 Å². The van der Waals surface area contributed by atoms with Crippen molar-refractivity contribution in [1.82, 2.24) is 10.2 Å². The molecule has 2 heteroatoms. The van der Waals surface area contributed by atoms with Crippen LogP contribution in [0.3, 0.4) is 0 Å². The van der Waals surface area contributed by atoms with E-state index in [1.54, 1.807) is 0 Å². The second-order valence-electron chi connectivity index (χ2n) is 3.83. The zero-order chi connectivity index (χ0) is 8.27. The molecular formula is C9H20N2. The lowest BCUT2D eigenvalue weighted by Crippen LogP contribution is -2.31. The molecule has 2 nitrogen and oxygen atoms in total. The quantitative estimate of drug-likeness (QED) is 0.637. The highest BCUT2D eigenvalue weighted by Gasteiger charge is 2.26. The zero-order valence-corrected chi connectivity index (χ0v) is 7.93. The summed E-state index contributed by atoms with van der Waals surface area (Å²) in [4.78, 5) is 2.49. The third-order valence-corrected chi connectivity index (χ3v) is 2.32. The van der Waals surface area contributed by atoms with Crippen LogP contribution in [0.15, 0.2) is 0 Å². The zero-order valence-electron chi connectivity index (χ0n) is 7.93. The average molecular weight is 156 g/mol. The molecule has 0 amide bonds. The lowest BCUT2D eigenvalue weighted by atomic mass is 10.1. The summed E-state index contributed by atoms with van der Waals surface area (Å²) in [5, 5.41) is 3.21. The third kappa shape index (κ3) is 3.21. The molecule has 0 bridgehead atoms. The summed E-state index contributed by atoms with van der Waals surface area (Å²) in [5.74, 6) is 0.783. The predicted octanol–water partition coefficient (Wildman–Crippen LogP) is 0.936. The Bertz CT molecular complexity index is 110. The van der Waals surface area contributed by atoms with Crippen molar-refractivity contribution in [3.05, 3.63) is 0 Å². The first-order valence-corrected chi connectivity index (χ1v) is 4.59. The van der Waals surface area contributed by atoms with Crippen LogP contribution >= 0.6 is 0 Å². The Morgan fingerprint density at radius 3 is 2.64 bits per heavy atom. The Kier molecular flexibility index (Phi) is 3.34. The first-order valence-electron chi connectivity index (χ1n) is 4.59. The van der Waals surface area contributed by atoms with Gasteiger partial charge >= 0.3 is 0 Å². The fraction of sp³-hybridized carbons (Fsp3) is 1.00. The first kappa shape index (κ1) is 9.01. The maximum atomic E-state index is 3.21. The molecule has 1 fully saturated rings. The highest BCUT2D eigenvalue weighted by atomic mass is 15.2. The summed E-state index contributed by atoms with van der Waals surface area (Å²) < 4.78 is 0. The number of nitrogens with one attached hydrogen (secondary N) is 1. The molecule has 1 N–H and O–H groups in total. The van der Waals surface area contributed by atoms with Gasteiger partial charge in [-0.3, -0.25) is 0 Å². The van der Waals surface area contributed by atoms with Gasteiger partial charge in [0.25, 0.3) is 0 Å². The van der Waals surface area contributed by atoms with Gasteiger partial charge in [0, 0.05) is 12.6 Å². The molecule has 1 rings (SSSR count). The normalized spacial score (nSPS) is 20.7. The smallest absolute Gasteiger partial charge is 0.00934 e. The van der Waals surface area contributed by atoms with E-state index in [0.717, 1.165) is 18.5 Å². The highest BCUT2D eigenvalue weighted by molar-refractivity contribution is 4.83. The fourth-order valence-corrected chi connectivity index (χ4v) is 1.57. The van der Waals surface area contributed by atoms with E-state index in [4.69, 9.17) is 0 Å². The van der Waals surface area contributed by atoms with E-state index >= 15 is 0 Å². The maximum Gasteiger partial charge on any atom is 0.00934 e. The van der Waals surface area contributed by atoms with E-state index in [2.05, 4.69) is 24.2 Å². The van der Waals surface area contributed by atoms with Crippen LogP contribution in [0.1, 0.15) is 19.8 Å². The Morgan fingerprint density at radius 2 is 2.18 bits per heavy atom. The van der Waals surface area contributed by atoms with Gasteiger partial charge in [0.2, 0.25) is 0 Å². The Hall–Kier alpha value is -0.0800. The molecule has 0 aliphatic heterocycles. The standard InChI is InChI=1S/C9H20N2/c1-8(6-10-2)7-11(3)9-4-5-9/h8-10H,4-7H2,1-3H3. The minimum Gasteiger partial charge on any atom is -0.319 e. The van der Waals surface area contributed by atoms with Crippen molar-refractivity contribution in [2.24, 2.45) is 5.92 Å². The minimum atomic E-state index is 0.783. The second kappa shape index (κ2) is 4.07. The molecule has 11 heavy (non-hydrogen) atoms. The lowest BCUT2D eigenvalue weighted by molar-refractivity contribution is 0.274. The second-order valence-corrected chi connectivity index (χ2v) is 3.83. The summed E-state index contributed by atoms with van der Waals surface area (Å²) in [5.41, 5.74) is 0. The van der Waals surface area contributed by atoms with Crippen LogP contribution in [-0.4, -0.2) is 38.1 Å². The van der Waals surface area contributed by atoms with E-state index in [9.17, 15) is 0 Å². The Labute approximate surface area is 70.0 Å². The summed E-state index contributed by atoms with van der Waals surface area (Å²) in [6.07, 6.45) is 2.84. The average Bonchev–Trinajstić information content (AvgIpc) is 2.67. The van der Waals surface area contributed by atoms with Crippen LogP contribution < -0.4 is 5.32 Å². The number of rotatable bonds is 5. The van der Waals surface area contributed by atoms with Crippen LogP contribution in [0, 0.1) is 5.92 Å². The molecule has 1 aliphatic carbocycles. The molecule has 1 aliphatic rings. The fourth-order valence-electron chi connectivity index (χ4n) is 1.57. The maximum absolute atomic E-state index is 3.21. The van der Waals surface area contributed by atoms with Gasteiger partial charge in [-0.25, -0.2) is 0 Å². The van der Waals surface area contributed by atoms with Gasteiger partial charge in [0.15, 0.2) is 0 Å². The summed E-state index contributed by atoms with van der Waals surface area (Å²) in [7, 11) is 4.26. The van der Waals surface area contributed by atoms with Gasteiger partial charge in [-0.1, -0.05) is 6.92 Å². The molecule has 1 unspecified atom stereocenters. The monoisotopic (exact) mass is 156 g/mol. The number of nitrogens with zero attached hydrogens (tertiary/aromatic N) is 1. The van der Waals surface area contributed by atoms with Crippen molar-refractivity contribution in [2.75, 3.05) is 27.2 Å². The predicted molar refractivity (Wildman–Crippen MR) is 48.7 cm³/mol. The summed E-state index contributed by atoms with van der Waals surface area (Å²) in [6.45, 7) is 4.68. The highest BCUT2D eigenvalue weighted by Crippen LogP contribution is 2.25. The third-order valence-electron chi connectivity index (χ3n) is 2.32. The van der Waals surface area contributed by atoms with Gasteiger partial charge in [0.05, 0.1) is 0 Å². The molecular weight excluding hydrogens is 136 g/mol. The first-order chi connectivity index (χ1) is 5.24. The Balaban J connectivity index is 2.07. The molecule has 0 saturated heterocycles. The largest absolute Gasteiger partial charge is 0.319 e. The van der Waals surface area contributed by atoms with E-state index in [1.807, 2.05) is 7.05 Å². The minimum absolute atomic E-state index is 0.783. The van der Waals surface area contributed by atoms with Crippen molar-refractivity contribution in [1.29, 1.82) is 0 Å². The molecule has 0 radical (unpaired) electrons. The molecule has 0 aromatic rings. The van der Waals surface area contributed by atoms with Crippen molar-refractivity contribution >= 4 is 0 Å². The molecule has 0 spiro atoms. The van der Waals surface area contributed by atoms with E-state index in [-0.39, 0.29) is 0 Å². The van der Waals surface area contributed by atoms with Gasteiger partial charge in [-0.15, -0.1) is 0 Å². The van der Waals surface area contributed by atoms with Crippen LogP contribution in [-0.2, 0) is 0 Å². The van der Waals surface area contributed by atoms with Crippen molar-refractivity contribution < 1.29 is 0 Å². The summed E-state index contributed by atoms with van der Waals surface area (Å²) in [6, 6.07) is 0.911. The van der Waals surface area contributed by atoms with Gasteiger partial charge in [0.1, 0.15) is 0 Å². The van der Waals surface area contributed by atoms with Gasteiger partial charge in [-0.2, -0.15) is 0 Å². The number of hydrogen-bond donors (Lipinski definition) is 1. The molecule has 0 aromatic heterocycles. The SMILES string of the molecule is CNCC(C)CN(C)C1CC1. The molecule has 1 saturated carbocycles. The van der Waals surface area contributed by atoms with Crippen molar-refractivity contribution in [3.8, 4) is 0 Å². The molecule has 1 atom stereocenters. The van der Waals surface area contributed by atoms with Crippen LogP contribution in [0.4, 0.5) is 0 Å². The Morgan fingerprint density at radius 1 is 1.55 bits per heavy atom. The summed E-state index contributed by atoms with van der Waals surface area (Å²) >= 11 is 0. The van der Waals surface area contributed by atoms with Crippen molar-refractivity contribution in [3.63, 3.8) is 0 Å². The molecule has 0 heterocycles. The number of hydrogen-bond acceptors (Lipinski definition) is 2. The molecule has 0 aromatic carbocycles. The van der Waals surface area contributed by atoms with E-state index in [1.165, 1.54) is 19.4 Å². The van der Waals surface area contributed by atoms with E-state index in [0.29, 0.717) is 0 Å². The van der Waals surface area contributed by atoms with Gasteiger partial charge in [-0.05, 0) is 39.4 Å². The van der Waals surface area contributed by atoms with E-state index < -0.39 is 0 Å². The topological polar surface area (TPSA) is 15.3 Å². The molecule has 66 valence electrons. The van der Waals surface area contributed by atoms with Crippen LogP contribution in [0.25, 0.3) is 0 Å². The van der Waals surface area contributed by atoms with Crippen LogP contribution in [0.2, 0.25) is 0 Å². The van der Waals surface area contributed by atoms with Gasteiger partial charge < -0.3 is 10.2 Å². The van der Waals surface area contributed by atoms with Crippen LogP contribution in [0.5, 0.6) is 0 Å². The lowest BCUT2D eigenvalue weighted by Gasteiger charge is -2.20.